The molecule has 110 valence electrons. The molecule has 0 saturated carbocycles. The number of amides is 2. The molecule has 9 heteroatoms. The zero-order valence-corrected chi connectivity index (χ0v) is 11.9. The number of rotatable bonds is 5. The van der Waals surface area contributed by atoms with Gasteiger partial charge in [0.1, 0.15) is 0 Å². The maximum Gasteiger partial charge on any atom is 0.229 e. The number of carbonyl (C=O) groups is 2. The molecular formula is C12H13N5O3S. The van der Waals surface area contributed by atoms with Crippen molar-refractivity contribution in [3.05, 3.63) is 18.4 Å². The molecule has 3 rings (SSSR count). The largest absolute Gasteiger partial charge is 0.461 e. The van der Waals surface area contributed by atoms with Gasteiger partial charge in [0, 0.05) is 25.1 Å². The van der Waals surface area contributed by atoms with Gasteiger partial charge in [-0.1, -0.05) is 11.8 Å². The van der Waals surface area contributed by atoms with Crippen molar-refractivity contribution in [2.75, 3.05) is 18.1 Å². The Morgan fingerprint density at radius 2 is 2.05 bits per heavy atom. The summed E-state index contributed by atoms with van der Waals surface area (Å²) in [5, 5.41) is 8.44. The molecule has 0 unspecified atom stereocenters. The predicted molar refractivity (Wildman–Crippen MR) is 74.6 cm³/mol. The summed E-state index contributed by atoms with van der Waals surface area (Å²) in [6.45, 7) is 0.352. The van der Waals surface area contributed by atoms with Crippen LogP contribution in [-0.4, -0.2) is 43.9 Å². The first-order valence-corrected chi connectivity index (χ1v) is 7.35. The summed E-state index contributed by atoms with van der Waals surface area (Å²) in [5.41, 5.74) is 0. The summed E-state index contributed by atoms with van der Waals surface area (Å²) in [7, 11) is 0. The molecule has 21 heavy (non-hydrogen) atoms. The molecule has 0 atom stereocenters. The molecule has 2 amide bonds. The van der Waals surface area contributed by atoms with Crippen molar-refractivity contribution < 1.29 is 14.0 Å². The van der Waals surface area contributed by atoms with E-state index in [0.29, 0.717) is 41.9 Å². The molecule has 1 fully saturated rings. The van der Waals surface area contributed by atoms with Crippen LogP contribution in [0.3, 0.4) is 0 Å². The quantitative estimate of drug-likeness (QED) is 0.486. The Labute approximate surface area is 124 Å². The standard InChI is InChI=1S/C12H13N5O3S/c13-17-11(8-2-1-6-20-8)14-15-12(17)21-7-5-16-9(18)3-4-10(16)19/h1-2,6H,3-5,7,13H2. The molecule has 2 N–H and O–H groups in total. The highest BCUT2D eigenvalue weighted by Crippen LogP contribution is 2.22. The Hall–Kier alpha value is -2.29. The highest BCUT2D eigenvalue weighted by atomic mass is 32.2. The van der Waals surface area contributed by atoms with Crippen LogP contribution in [-0.2, 0) is 9.59 Å². The van der Waals surface area contributed by atoms with Crippen LogP contribution in [0.2, 0.25) is 0 Å². The number of hydrogen-bond donors (Lipinski definition) is 1. The second kappa shape index (κ2) is 5.60. The first kappa shape index (κ1) is 13.7. The average Bonchev–Trinajstić information content (AvgIpc) is 3.16. The second-order valence-corrected chi connectivity index (χ2v) is 5.50. The smallest absolute Gasteiger partial charge is 0.229 e. The molecule has 0 radical (unpaired) electrons. The molecular weight excluding hydrogens is 294 g/mol. The zero-order valence-electron chi connectivity index (χ0n) is 11.1. The van der Waals surface area contributed by atoms with Crippen molar-refractivity contribution in [2.24, 2.45) is 0 Å². The van der Waals surface area contributed by atoms with E-state index in [4.69, 9.17) is 10.3 Å². The summed E-state index contributed by atoms with van der Waals surface area (Å²) >= 11 is 1.33. The Bertz CT molecular complexity index is 650. The first-order chi connectivity index (χ1) is 10.2. The lowest BCUT2D eigenvalue weighted by Gasteiger charge is -2.12. The van der Waals surface area contributed by atoms with Crippen LogP contribution in [0, 0.1) is 0 Å². The first-order valence-electron chi connectivity index (χ1n) is 6.37. The Morgan fingerprint density at radius 3 is 2.71 bits per heavy atom. The van der Waals surface area contributed by atoms with Crippen molar-refractivity contribution in [3.8, 4) is 11.6 Å². The number of imide groups is 1. The topological polar surface area (TPSA) is 107 Å². The Morgan fingerprint density at radius 1 is 1.29 bits per heavy atom. The van der Waals surface area contributed by atoms with Gasteiger partial charge >= 0.3 is 0 Å². The van der Waals surface area contributed by atoms with Crippen LogP contribution in [0.1, 0.15) is 12.8 Å². The molecule has 8 nitrogen and oxygen atoms in total. The summed E-state index contributed by atoms with van der Waals surface area (Å²) < 4.78 is 6.55. The third kappa shape index (κ3) is 2.64. The van der Waals surface area contributed by atoms with Gasteiger partial charge in [0.15, 0.2) is 5.76 Å². The fourth-order valence-corrected chi connectivity index (χ4v) is 2.83. The van der Waals surface area contributed by atoms with Gasteiger partial charge in [-0.05, 0) is 12.1 Å². The Balaban J connectivity index is 1.61. The fourth-order valence-electron chi connectivity index (χ4n) is 2.05. The normalized spacial score (nSPS) is 15.1. The predicted octanol–water partition coefficient (Wildman–Crippen LogP) is 0.493. The number of thioether (sulfide) groups is 1. The zero-order chi connectivity index (χ0) is 14.8. The number of nitrogen functional groups attached to an aromatic ring is 1. The van der Waals surface area contributed by atoms with E-state index >= 15 is 0 Å². The van der Waals surface area contributed by atoms with Gasteiger partial charge in [0.25, 0.3) is 0 Å². The minimum atomic E-state index is -0.119. The lowest BCUT2D eigenvalue weighted by Crippen LogP contribution is -2.31. The monoisotopic (exact) mass is 307 g/mol. The molecule has 1 aliphatic rings. The van der Waals surface area contributed by atoms with Crippen molar-refractivity contribution in [3.63, 3.8) is 0 Å². The van der Waals surface area contributed by atoms with Crippen molar-refractivity contribution in [1.82, 2.24) is 19.8 Å². The average molecular weight is 307 g/mol. The number of nitrogens with two attached hydrogens (primary N) is 1. The van der Waals surface area contributed by atoms with Crippen LogP contribution >= 0.6 is 11.8 Å². The third-order valence-corrected chi connectivity index (χ3v) is 4.03. The van der Waals surface area contributed by atoms with E-state index in [2.05, 4.69) is 10.2 Å². The molecule has 0 aromatic carbocycles. The van der Waals surface area contributed by atoms with E-state index in [1.807, 2.05) is 0 Å². The summed E-state index contributed by atoms with van der Waals surface area (Å²) in [6.07, 6.45) is 2.14. The fraction of sp³-hybridized carbons (Fsp3) is 0.333. The molecule has 1 saturated heterocycles. The number of likely N-dealkylation sites (tertiary alicyclic amines) is 1. The van der Waals surface area contributed by atoms with E-state index < -0.39 is 0 Å². The number of furan rings is 1. The number of carbonyl (C=O) groups excluding carboxylic acids is 2. The maximum atomic E-state index is 11.5. The number of hydrogen-bond acceptors (Lipinski definition) is 7. The van der Waals surface area contributed by atoms with E-state index in [1.54, 1.807) is 12.1 Å². The van der Waals surface area contributed by atoms with Crippen molar-refractivity contribution in [2.45, 2.75) is 18.0 Å². The molecule has 2 aromatic rings. The lowest BCUT2D eigenvalue weighted by atomic mass is 10.4. The van der Waals surface area contributed by atoms with Crippen molar-refractivity contribution >= 4 is 23.6 Å². The van der Waals surface area contributed by atoms with Gasteiger partial charge in [0.2, 0.25) is 22.8 Å². The van der Waals surface area contributed by atoms with E-state index in [1.165, 1.54) is 27.6 Å². The van der Waals surface area contributed by atoms with E-state index in [0.717, 1.165) is 0 Å². The molecule has 2 aromatic heterocycles. The lowest BCUT2D eigenvalue weighted by molar-refractivity contribution is -0.137. The van der Waals surface area contributed by atoms with E-state index in [-0.39, 0.29) is 11.8 Å². The minimum absolute atomic E-state index is 0.119. The Kier molecular flexibility index (Phi) is 3.65. The van der Waals surface area contributed by atoms with Gasteiger partial charge < -0.3 is 10.3 Å². The number of aromatic nitrogens is 3. The third-order valence-electron chi connectivity index (χ3n) is 3.11. The van der Waals surface area contributed by atoms with Gasteiger partial charge in [0.05, 0.1) is 6.26 Å². The highest BCUT2D eigenvalue weighted by molar-refractivity contribution is 7.99. The van der Waals surface area contributed by atoms with Crippen LogP contribution in [0.15, 0.2) is 28.0 Å². The van der Waals surface area contributed by atoms with Gasteiger partial charge in [-0.3, -0.25) is 14.5 Å². The summed E-state index contributed by atoms with van der Waals surface area (Å²) in [4.78, 5) is 24.2. The van der Waals surface area contributed by atoms with Crippen molar-refractivity contribution in [1.29, 1.82) is 0 Å². The molecule has 0 spiro atoms. The molecule has 1 aliphatic heterocycles. The molecule has 0 aliphatic carbocycles. The molecule has 3 heterocycles. The highest BCUT2D eigenvalue weighted by Gasteiger charge is 2.28. The summed E-state index contributed by atoms with van der Waals surface area (Å²) in [5.74, 6) is 7.14. The maximum absolute atomic E-state index is 11.5. The van der Waals surface area contributed by atoms with Crippen LogP contribution in [0.5, 0.6) is 0 Å². The summed E-state index contributed by atoms with van der Waals surface area (Å²) in [6, 6.07) is 3.48. The van der Waals surface area contributed by atoms with Gasteiger partial charge in [-0.15, -0.1) is 10.2 Å². The van der Waals surface area contributed by atoms with E-state index in [9.17, 15) is 9.59 Å². The van der Waals surface area contributed by atoms with Crippen LogP contribution in [0.4, 0.5) is 0 Å². The number of nitrogens with zero attached hydrogens (tertiary/aromatic N) is 4. The van der Waals surface area contributed by atoms with Gasteiger partial charge in [-0.2, -0.15) is 0 Å². The van der Waals surface area contributed by atoms with Crippen LogP contribution < -0.4 is 5.84 Å². The minimum Gasteiger partial charge on any atom is -0.461 e. The molecule has 0 bridgehead atoms. The van der Waals surface area contributed by atoms with Gasteiger partial charge in [-0.25, -0.2) is 4.68 Å². The second-order valence-electron chi connectivity index (χ2n) is 4.44. The van der Waals surface area contributed by atoms with Crippen LogP contribution in [0.25, 0.3) is 11.6 Å². The SMILES string of the molecule is Nn1c(SCCN2C(=O)CCC2=O)nnc1-c1ccco1.